The molecule has 6 rings (SSSR count). The van der Waals surface area contributed by atoms with E-state index in [0.29, 0.717) is 37.6 Å². The molecule has 0 atom stereocenters. The fraction of sp³-hybridized carbons (Fsp3) is 0.0690. The van der Waals surface area contributed by atoms with Gasteiger partial charge < -0.3 is 9.47 Å². The van der Waals surface area contributed by atoms with E-state index in [1.165, 1.54) is 30.7 Å². The number of methoxy groups -OCH3 is 1. The Hall–Kier alpha value is -5.16. The second-order valence-electron chi connectivity index (χ2n) is 8.70. The van der Waals surface area contributed by atoms with Crippen LogP contribution >= 0.6 is 11.3 Å². The number of benzene rings is 3. The first-order chi connectivity index (χ1) is 19.4. The number of aromatic nitrogens is 5. The summed E-state index contributed by atoms with van der Waals surface area (Å²) in [7, 11) is 1.40. The summed E-state index contributed by atoms with van der Waals surface area (Å²) in [5.74, 6) is -0.311. The number of hydrogen-bond acceptors (Lipinski definition) is 8. The van der Waals surface area contributed by atoms with E-state index in [1.807, 2.05) is 30.3 Å². The van der Waals surface area contributed by atoms with Crippen LogP contribution < -0.4 is 19.6 Å². The smallest absolute Gasteiger partial charge is 0.308 e. The Morgan fingerprint density at radius 2 is 1.77 bits per heavy atom. The molecule has 6 aromatic rings. The predicted molar refractivity (Wildman–Crippen MR) is 148 cm³/mol. The molecule has 0 unspecified atom stereocenters. The van der Waals surface area contributed by atoms with E-state index in [9.17, 15) is 14.0 Å². The molecule has 3 aromatic carbocycles. The van der Waals surface area contributed by atoms with Crippen molar-refractivity contribution in [3.8, 4) is 39.8 Å². The number of para-hydroxylation sites is 2. The lowest BCUT2D eigenvalue weighted by Gasteiger charge is -2.04. The third kappa shape index (κ3) is 4.63. The van der Waals surface area contributed by atoms with Crippen molar-refractivity contribution in [2.75, 3.05) is 7.11 Å². The van der Waals surface area contributed by atoms with Crippen molar-refractivity contribution in [3.05, 3.63) is 105 Å². The van der Waals surface area contributed by atoms with Gasteiger partial charge >= 0.3 is 5.97 Å². The molecule has 11 heteroatoms. The van der Waals surface area contributed by atoms with Crippen molar-refractivity contribution in [1.29, 1.82) is 0 Å². The van der Waals surface area contributed by atoms with Gasteiger partial charge in [-0.3, -0.25) is 9.59 Å². The summed E-state index contributed by atoms with van der Waals surface area (Å²) >= 11 is 1.15. The van der Waals surface area contributed by atoms with Crippen molar-refractivity contribution in [2.45, 2.75) is 6.92 Å². The molecule has 3 aromatic heterocycles. The highest BCUT2D eigenvalue weighted by molar-refractivity contribution is 7.15. The Labute approximate surface area is 230 Å². The summed E-state index contributed by atoms with van der Waals surface area (Å²) in [5, 5.41) is 9.09. The third-order valence-electron chi connectivity index (χ3n) is 6.04. The van der Waals surface area contributed by atoms with Gasteiger partial charge in [0.05, 0.1) is 22.9 Å². The lowest BCUT2D eigenvalue weighted by atomic mass is 10.1. The van der Waals surface area contributed by atoms with Gasteiger partial charge in [0.15, 0.2) is 17.4 Å². The Balaban J connectivity index is 1.47. The number of nitrogens with zero attached hydrogens (tertiary/aromatic N) is 5. The number of ether oxygens (including phenoxy) is 2. The number of thiazole rings is 1. The van der Waals surface area contributed by atoms with Crippen molar-refractivity contribution in [2.24, 2.45) is 0 Å². The predicted octanol–water partition coefficient (Wildman–Crippen LogP) is 4.29. The van der Waals surface area contributed by atoms with Crippen molar-refractivity contribution in [3.63, 3.8) is 0 Å². The lowest BCUT2D eigenvalue weighted by Crippen LogP contribution is -2.23. The maximum Gasteiger partial charge on any atom is 0.308 e. The molecule has 0 radical (unpaired) electrons. The van der Waals surface area contributed by atoms with E-state index in [2.05, 4.69) is 10.1 Å². The Bertz CT molecular complexity index is 2000. The molecular weight excluding hydrogens is 533 g/mol. The van der Waals surface area contributed by atoms with Crippen molar-refractivity contribution >= 4 is 28.3 Å². The first-order valence-electron chi connectivity index (χ1n) is 12.1. The van der Waals surface area contributed by atoms with Crippen molar-refractivity contribution < 1.29 is 18.7 Å². The van der Waals surface area contributed by atoms with Crippen molar-refractivity contribution in [1.82, 2.24) is 24.4 Å². The highest BCUT2D eigenvalue weighted by Gasteiger charge is 2.18. The number of carbonyl (C=O) groups is 1. The van der Waals surface area contributed by atoms with Crippen LogP contribution in [0.15, 0.2) is 83.8 Å². The van der Waals surface area contributed by atoms with Gasteiger partial charge in [0.2, 0.25) is 4.96 Å². The van der Waals surface area contributed by atoms with E-state index < -0.39 is 11.8 Å². The molecule has 198 valence electrons. The fourth-order valence-corrected chi connectivity index (χ4v) is 5.13. The number of carbonyl (C=O) groups excluding carboxylic acids is 1. The van der Waals surface area contributed by atoms with Crippen LogP contribution in [0.4, 0.5) is 4.39 Å². The van der Waals surface area contributed by atoms with Gasteiger partial charge in [-0.15, -0.1) is 5.10 Å². The fourth-order valence-electron chi connectivity index (χ4n) is 4.23. The van der Waals surface area contributed by atoms with Crippen LogP contribution in [0.1, 0.15) is 12.5 Å². The maximum atomic E-state index is 14.6. The molecular formula is C29H20FN5O4S. The zero-order chi connectivity index (χ0) is 27.8. The van der Waals surface area contributed by atoms with Crippen LogP contribution in [0.25, 0.3) is 39.4 Å². The second kappa shape index (κ2) is 10.2. The first kappa shape index (κ1) is 25.1. The largest absolute Gasteiger partial charge is 0.494 e. The molecule has 0 aliphatic carbocycles. The standard InChI is InChI=1S/C29H20FN5O4S/c1-17(36)39-23-11-7-6-10-21(23)27-31-29-35(33-27)28(37)25(40-29)15-19-16-34(20-8-4-3-5-9-20)32-26(19)18-12-13-24(38-2)22(30)14-18/h3-16H,1-2H3. The number of fused-ring (bicyclic) bond motifs is 1. The highest BCUT2D eigenvalue weighted by atomic mass is 32.1. The zero-order valence-corrected chi connectivity index (χ0v) is 22.1. The van der Waals surface area contributed by atoms with Crippen LogP contribution in [-0.2, 0) is 4.79 Å². The molecule has 0 saturated carbocycles. The first-order valence-corrected chi connectivity index (χ1v) is 12.9. The zero-order valence-electron chi connectivity index (χ0n) is 21.2. The summed E-state index contributed by atoms with van der Waals surface area (Å²) in [6.07, 6.45) is 3.47. The monoisotopic (exact) mass is 553 g/mol. The Kier molecular flexibility index (Phi) is 6.40. The summed E-state index contributed by atoms with van der Waals surface area (Å²) in [6, 6.07) is 20.9. The SMILES string of the molecule is COc1ccc(-c2nn(-c3ccccc3)cc2C=c2sc3nc(-c4ccccc4OC(C)=O)nn3c2=O)cc1F. The third-order valence-corrected chi connectivity index (χ3v) is 7.00. The molecule has 3 heterocycles. The molecule has 0 bridgehead atoms. The summed E-state index contributed by atoms with van der Waals surface area (Å²) in [5.41, 5.74) is 2.54. The maximum absolute atomic E-state index is 14.6. The van der Waals surface area contributed by atoms with Gasteiger partial charge in [-0.1, -0.05) is 41.7 Å². The Morgan fingerprint density at radius 1 is 1.00 bits per heavy atom. The number of hydrogen-bond donors (Lipinski definition) is 0. The van der Waals surface area contributed by atoms with E-state index >= 15 is 0 Å². The van der Waals surface area contributed by atoms with Crippen LogP contribution in [0.5, 0.6) is 11.5 Å². The van der Waals surface area contributed by atoms with E-state index in [1.54, 1.807) is 47.3 Å². The van der Waals surface area contributed by atoms with E-state index in [-0.39, 0.29) is 17.1 Å². The molecule has 0 aliphatic heterocycles. The van der Waals surface area contributed by atoms with Gasteiger partial charge in [0.1, 0.15) is 11.4 Å². The summed E-state index contributed by atoms with van der Waals surface area (Å²) in [6.45, 7) is 1.31. The molecule has 0 fully saturated rings. The highest BCUT2D eigenvalue weighted by Crippen LogP contribution is 2.30. The van der Waals surface area contributed by atoms with Gasteiger partial charge in [-0.25, -0.2) is 9.07 Å². The molecule has 0 N–H and O–H groups in total. The number of esters is 1. The normalized spacial score (nSPS) is 11.7. The van der Waals surface area contributed by atoms with Gasteiger partial charge in [-0.05, 0) is 48.5 Å². The molecule has 0 saturated heterocycles. The summed E-state index contributed by atoms with van der Waals surface area (Å²) in [4.78, 5) is 29.7. The van der Waals surface area contributed by atoms with Crippen LogP contribution in [0, 0.1) is 5.82 Å². The average molecular weight is 554 g/mol. The molecule has 0 amide bonds. The molecule has 0 aliphatic rings. The summed E-state index contributed by atoms with van der Waals surface area (Å²) < 4.78 is 28.2. The average Bonchev–Trinajstić information content (AvgIpc) is 3.64. The Morgan fingerprint density at radius 3 is 2.50 bits per heavy atom. The van der Waals surface area contributed by atoms with Crippen LogP contribution in [0.2, 0.25) is 0 Å². The van der Waals surface area contributed by atoms with Gasteiger partial charge in [0.25, 0.3) is 5.56 Å². The quantitative estimate of drug-likeness (QED) is 0.224. The minimum atomic E-state index is -0.523. The lowest BCUT2D eigenvalue weighted by molar-refractivity contribution is -0.131. The van der Waals surface area contributed by atoms with Gasteiger partial charge in [-0.2, -0.15) is 14.6 Å². The minimum Gasteiger partial charge on any atom is -0.494 e. The topological polar surface area (TPSA) is 101 Å². The minimum absolute atomic E-state index is 0.121. The molecule has 0 spiro atoms. The number of rotatable bonds is 6. The van der Waals surface area contributed by atoms with Gasteiger partial charge in [0, 0.05) is 24.2 Å². The number of halogens is 1. The molecule has 9 nitrogen and oxygen atoms in total. The van der Waals surface area contributed by atoms with E-state index in [0.717, 1.165) is 17.0 Å². The molecule has 40 heavy (non-hydrogen) atoms. The van der Waals surface area contributed by atoms with Crippen LogP contribution in [0.3, 0.4) is 0 Å². The second-order valence-corrected chi connectivity index (χ2v) is 9.71. The van der Waals surface area contributed by atoms with Crippen LogP contribution in [-0.4, -0.2) is 37.5 Å². The van der Waals surface area contributed by atoms with E-state index in [4.69, 9.17) is 14.6 Å².